The molecule has 122 valence electrons. The minimum atomic E-state index is -1.18. The second kappa shape index (κ2) is 10.1. The minimum absolute atomic E-state index is 0.0488. The van der Waals surface area contributed by atoms with Crippen molar-refractivity contribution in [2.75, 3.05) is 0 Å². The van der Waals surface area contributed by atoms with E-state index in [4.69, 9.17) is 21.7 Å². The molecule has 0 rings (SSSR count). The molecule has 0 aliphatic heterocycles. The monoisotopic (exact) mass is 312 g/mol. The zero-order chi connectivity index (χ0) is 17.1. The second-order valence-electron chi connectivity index (χ2n) is 4.67. The van der Waals surface area contributed by atoms with Crippen LogP contribution in [0.3, 0.4) is 0 Å². The van der Waals surface area contributed by atoms with Crippen molar-refractivity contribution < 1.29 is 29.4 Å². The number of nitrogens with two attached hydrogens (primary N) is 2. The molecular weight excluding hydrogens is 292 g/mol. The summed E-state index contributed by atoms with van der Waals surface area (Å²) < 4.78 is 0. The van der Waals surface area contributed by atoms with Crippen LogP contribution in [-0.4, -0.2) is 34.0 Å². The molecule has 8 nitrogen and oxygen atoms in total. The standard InChI is InChI=1S/C14H20N2O6/c15-11(17)7-9(13(19)20)5-3-1-2-4-6-10(14(21)22)8-12(16)18/h7-8H,1-6H2,(H2,15,17)(H2,16,18)(H,19,20)(H,21,22)/b9-7+,10-8+. The van der Waals surface area contributed by atoms with Crippen LogP contribution in [0, 0.1) is 0 Å². The molecule has 0 unspecified atom stereocenters. The van der Waals surface area contributed by atoms with Crippen molar-refractivity contribution in [2.45, 2.75) is 38.5 Å². The normalized spacial score (nSPS) is 12.0. The molecule has 2 amide bonds. The summed E-state index contributed by atoms with van der Waals surface area (Å²) in [5, 5.41) is 17.7. The van der Waals surface area contributed by atoms with E-state index in [1.807, 2.05) is 0 Å². The van der Waals surface area contributed by atoms with E-state index in [1.54, 1.807) is 0 Å². The van der Waals surface area contributed by atoms with E-state index in [0.717, 1.165) is 12.2 Å². The van der Waals surface area contributed by atoms with Gasteiger partial charge in [-0.15, -0.1) is 0 Å². The van der Waals surface area contributed by atoms with Crippen molar-refractivity contribution in [1.29, 1.82) is 0 Å². The zero-order valence-electron chi connectivity index (χ0n) is 12.1. The SMILES string of the molecule is NC(=O)/C=C(\CCCCCC/C(=C\C(N)=O)C(=O)O)C(=O)O. The predicted octanol–water partition coefficient (Wildman–Crippen LogP) is 0.320. The van der Waals surface area contributed by atoms with Gasteiger partial charge >= 0.3 is 11.9 Å². The maximum absolute atomic E-state index is 10.8. The first-order chi connectivity index (χ1) is 10.2. The molecule has 0 radical (unpaired) electrons. The fourth-order valence-corrected chi connectivity index (χ4v) is 1.81. The van der Waals surface area contributed by atoms with Crippen LogP contribution >= 0.6 is 0 Å². The van der Waals surface area contributed by atoms with Gasteiger partial charge < -0.3 is 21.7 Å². The van der Waals surface area contributed by atoms with Crippen LogP contribution in [0.5, 0.6) is 0 Å². The molecule has 0 atom stereocenters. The van der Waals surface area contributed by atoms with Crippen molar-refractivity contribution in [2.24, 2.45) is 11.5 Å². The molecule has 22 heavy (non-hydrogen) atoms. The molecule has 8 heteroatoms. The highest BCUT2D eigenvalue weighted by molar-refractivity contribution is 5.97. The van der Waals surface area contributed by atoms with Crippen molar-refractivity contribution in [3.05, 3.63) is 23.3 Å². The fourth-order valence-electron chi connectivity index (χ4n) is 1.81. The van der Waals surface area contributed by atoms with E-state index >= 15 is 0 Å². The third-order valence-corrected chi connectivity index (χ3v) is 2.82. The molecule has 0 aromatic carbocycles. The molecule has 0 saturated carbocycles. The van der Waals surface area contributed by atoms with Crippen molar-refractivity contribution >= 4 is 23.8 Å². The number of carboxylic acid groups (broad SMARTS) is 2. The first kappa shape index (κ1) is 19.4. The Morgan fingerprint density at radius 3 is 1.23 bits per heavy atom. The van der Waals surface area contributed by atoms with Gasteiger partial charge in [-0.3, -0.25) is 9.59 Å². The van der Waals surface area contributed by atoms with Gasteiger partial charge in [0, 0.05) is 23.3 Å². The van der Waals surface area contributed by atoms with Crippen molar-refractivity contribution in [3.63, 3.8) is 0 Å². The Morgan fingerprint density at radius 1 is 0.682 bits per heavy atom. The number of hydrogen-bond donors (Lipinski definition) is 4. The van der Waals surface area contributed by atoms with E-state index in [1.165, 1.54) is 0 Å². The topological polar surface area (TPSA) is 161 Å². The minimum Gasteiger partial charge on any atom is -0.478 e. The van der Waals surface area contributed by atoms with Crippen LogP contribution in [0.2, 0.25) is 0 Å². The largest absolute Gasteiger partial charge is 0.478 e. The van der Waals surface area contributed by atoms with Crippen molar-refractivity contribution in [3.8, 4) is 0 Å². The van der Waals surface area contributed by atoms with Gasteiger partial charge in [0.15, 0.2) is 0 Å². The maximum Gasteiger partial charge on any atom is 0.331 e. The Bertz CT molecular complexity index is 461. The lowest BCUT2D eigenvalue weighted by Gasteiger charge is -2.04. The Balaban J connectivity index is 4.13. The average molecular weight is 312 g/mol. The van der Waals surface area contributed by atoms with Crippen LogP contribution in [-0.2, 0) is 19.2 Å². The molecule has 0 fully saturated rings. The number of carboxylic acids is 2. The summed E-state index contributed by atoms with van der Waals surface area (Å²) >= 11 is 0. The average Bonchev–Trinajstić information content (AvgIpc) is 2.38. The Morgan fingerprint density at radius 2 is 1.00 bits per heavy atom. The van der Waals surface area contributed by atoms with E-state index in [-0.39, 0.29) is 24.0 Å². The molecule has 0 bridgehead atoms. The van der Waals surface area contributed by atoms with Crippen LogP contribution < -0.4 is 11.5 Å². The van der Waals surface area contributed by atoms with Crippen LogP contribution in [0.1, 0.15) is 38.5 Å². The summed E-state index contributed by atoms with van der Waals surface area (Å²) in [6.45, 7) is 0. The van der Waals surface area contributed by atoms with E-state index in [9.17, 15) is 19.2 Å². The summed E-state index contributed by atoms with van der Waals surface area (Å²) in [4.78, 5) is 43.0. The number of aliphatic carboxylic acids is 2. The van der Waals surface area contributed by atoms with Gasteiger partial charge in [0.2, 0.25) is 11.8 Å². The molecule has 0 aromatic rings. The molecule has 0 aliphatic rings. The van der Waals surface area contributed by atoms with Gasteiger partial charge in [-0.05, 0) is 25.7 Å². The molecular formula is C14H20N2O6. The quantitative estimate of drug-likeness (QED) is 0.317. The van der Waals surface area contributed by atoms with E-state index in [2.05, 4.69) is 0 Å². The van der Waals surface area contributed by atoms with Gasteiger partial charge in [-0.25, -0.2) is 9.59 Å². The Labute approximate surface area is 127 Å². The highest BCUT2D eigenvalue weighted by atomic mass is 16.4. The molecule has 0 aliphatic carbocycles. The summed E-state index contributed by atoms with van der Waals surface area (Å²) in [6, 6.07) is 0. The predicted molar refractivity (Wildman–Crippen MR) is 77.5 cm³/mol. The zero-order valence-corrected chi connectivity index (χ0v) is 12.1. The van der Waals surface area contributed by atoms with E-state index < -0.39 is 23.8 Å². The lowest BCUT2D eigenvalue weighted by Crippen LogP contribution is -2.11. The lowest BCUT2D eigenvalue weighted by molar-refractivity contribution is -0.134. The van der Waals surface area contributed by atoms with Gasteiger partial charge in [0.1, 0.15) is 0 Å². The Kier molecular flexibility index (Phi) is 8.92. The molecule has 0 heterocycles. The van der Waals surface area contributed by atoms with Gasteiger partial charge in [0.25, 0.3) is 0 Å². The van der Waals surface area contributed by atoms with Crippen LogP contribution in [0.15, 0.2) is 23.3 Å². The summed E-state index contributed by atoms with van der Waals surface area (Å²) in [7, 11) is 0. The number of rotatable bonds is 11. The van der Waals surface area contributed by atoms with Gasteiger partial charge in [-0.1, -0.05) is 12.8 Å². The number of hydrogen-bond acceptors (Lipinski definition) is 4. The van der Waals surface area contributed by atoms with E-state index in [0.29, 0.717) is 25.7 Å². The molecule has 6 N–H and O–H groups in total. The number of carbonyl (C=O) groups is 4. The van der Waals surface area contributed by atoms with Gasteiger partial charge in [0.05, 0.1) is 0 Å². The highest BCUT2D eigenvalue weighted by Gasteiger charge is 2.10. The summed E-state index contributed by atoms with van der Waals surface area (Å²) in [5.41, 5.74) is 9.71. The molecule has 0 aromatic heterocycles. The lowest BCUT2D eigenvalue weighted by atomic mass is 10.0. The van der Waals surface area contributed by atoms with Crippen LogP contribution in [0.25, 0.3) is 0 Å². The second-order valence-corrected chi connectivity index (χ2v) is 4.67. The number of carbonyl (C=O) groups excluding carboxylic acids is 2. The van der Waals surface area contributed by atoms with Crippen LogP contribution in [0.4, 0.5) is 0 Å². The highest BCUT2D eigenvalue weighted by Crippen LogP contribution is 2.14. The third-order valence-electron chi connectivity index (χ3n) is 2.82. The maximum atomic E-state index is 10.8. The fraction of sp³-hybridized carbons (Fsp3) is 0.429. The first-order valence-electron chi connectivity index (χ1n) is 6.70. The van der Waals surface area contributed by atoms with Gasteiger partial charge in [-0.2, -0.15) is 0 Å². The smallest absolute Gasteiger partial charge is 0.331 e. The number of unbranched alkanes of at least 4 members (excludes halogenated alkanes) is 3. The summed E-state index contributed by atoms with van der Waals surface area (Å²) in [6.07, 6.45) is 4.59. The Hall–Kier alpha value is -2.64. The number of primary amides is 2. The molecule has 0 spiro atoms. The molecule has 0 saturated heterocycles. The van der Waals surface area contributed by atoms with Crippen molar-refractivity contribution in [1.82, 2.24) is 0 Å². The first-order valence-corrected chi connectivity index (χ1v) is 6.70. The number of amides is 2. The third kappa shape index (κ3) is 9.29. The summed E-state index contributed by atoms with van der Waals surface area (Å²) in [5.74, 6) is -3.98.